The van der Waals surface area contributed by atoms with Gasteiger partial charge < -0.3 is 0 Å². The highest BCUT2D eigenvalue weighted by Gasteiger charge is 2.31. The number of aryl methyl sites for hydroxylation is 1. The molecule has 0 aliphatic carbocycles. The number of alkyl halides is 3. The van der Waals surface area contributed by atoms with Crippen LogP contribution in [0.15, 0.2) is 52.6 Å². The Hall–Kier alpha value is -2.42. The molecule has 0 saturated carbocycles. The summed E-state index contributed by atoms with van der Waals surface area (Å²) in [6.07, 6.45) is -2.51. The van der Waals surface area contributed by atoms with E-state index in [0.29, 0.717) is 0 Å². The second-order valence-electron chi connectivity index (χ2n) is 4.64. The number of hydrazone groups is 1. The van der Waals surface area contributed by atoms with Gasteiger partial charge in [-0.15, -0.1) is 0 Å². The lowest BCUT2D eigenvalue weighted by molar-refractivity contribution is -0.141. The van der Waals surface area contributed by atoms with E-state index in [1.165, 1.54) is 12.1 Å². The number of rotatable bonds is 4. The lowest BCUT2D eigenvalue weighted by Crippen LogP contribution is -2.18. The van der Waals surface area contributed by atoms with Crippen molar-refractivity contribution in [3.63, 3.8) is 0 Å². The van der Waals surface area contributed by atoms with E-state index in [-0.39, 0.29) is 10.5 Å². The fourth-order valence-electron chi connectivity index (χ4n) is 1.59. The third-order valence-electron chi connectivity index (χ3n) is 2.79. The Morgan fingerprint density at radius 2 is 1.78 bits per heavy atom. The van der Waals surface area contributed by atoms with Crippen LogP contribution in [-0.2, 0) is 16.2 Å². The molecule has 0 saturated heterocycles. The van der Waals surface area contributed by atoms with E-state index in [1.807, 2.05) is 11.8 Å². The van der Waals surface area contributed by atoms with Crippen LogP contribution in [0.5, 0.6) is 0 Å². The molecule has 1 aromatic carbocycles. The maximum absolute atomic E-state index is 12.4. The summed E-state index contributed by atoms with van der Waals surface area (Å²) in [6.45, 7) is 1.82. The summed E-state index contributed by atoms with van der Waals surface area (Å²) in [7, 11) is -3.83. The van der Waals surface area contributed by atoms with Crippen LogP contribution in [0.1, 0.15) is 16.8 Å². The first-order valence-corrected chi connectivity index (χ1v) is 7.81. The maximum atomic E-state index is 12.4. The van der Waals surface area contributed by atoms with Crippen LogP contribution in [0, 0.1) is 6.92 Å². The molecule has 2 aromatic rings. The molecule has 0 fully saturated rings. The number of nitrogens with one attached hydrogen (secondary N) is 1. The first-order chi connectivity index (χ1) is 10.7. The zero-order chi connectivity index (χ0) is 17.1. The molecule has 9 heteroatoms. The molecular formula is C14H12F3N3O2S. The van der Waals surface area contributed by atoms with Gasteiger partial charge in [-0.2, -0.15) is 26.7 Å². The number of hydrogen-bond acceptors (Lipinski definition) is 4. The average Bonchev–Trinajstić information content (AvgIpc) is 2.47. The van der Waals surface area contributed by atoms with E-state index in [9.17, 15) is 21.6 Å². The molecule has 0 amide bonds. The van der Waals surface area contributed by atoms with Crippen LogP contribution in [0.2, 0.25) is 0 Å². The summed E-state index contributed by atoms with van der Waals surface area (Å²) in [5, 5.41) is 3.52. The fourth-order valence-corrected chi connectivity index (χ4v) is 2.38. The van der Waals surface area contributed by atoms with Gasteiger partial charge in [0.05, 0.1) is 11.1 Å². The van der Waals surface area contributed by atoms with Crippen LogP contribution in [0.4, 0.5) is 13.2 Å². The SMILES string of the molecule is Cc1ccc(S(=O)(=O)N/N=C/c2ccc(C(F)(F)F)nc2)cc1. The Labute approximate surface area is 130 Å². The molecule has 0 aliphatic heterocycles. The summed E-state index contributed by atoms with van der Waals surface area (Å²) in [4.78, 5) is 5.25. The Kier molecular flexibility index (Phi) is 4.69. The topological polar surface area (TPSA) is 71.4 Å². The van der Waals surface area contributed by atoms with E-state index in [2.05, 4.69) is 10.1 Å². The third-order valence-corrected chi connectivity index (χ3v) is 4.03. The molecule has 0 radical (unpaired) electrons. The molecule has 1 N–H and O–H groups in total. The normalized spacial score (nSPS) is 12.5. The van der Waals surface area contributed by atoms with E-state index in [4.69, 9.17) is 0 Å². The zero-order valence-corrected chi connectivity index (χ0v) is 12.7. The second-order valence-corrected chi connectivity index (χ2v) is 6.30. The maximum Gasteiger partial charge on any atom is 0.433 e. The number of benzene rings is 1. The number of nitrogens with zero attached hydrogens (tertiary/aromatic N) is 2. The molecular weight excluding hydrogens is 331 g/mol. The van der Waals surface area contributed by atoms with Crippen molar-refractivity contribution in [1.29, 1.82) is 0 Å². The molecule has 0 aliphatic rings. The Bertz CT molecular complexity index is 799. The molecule has 0 bridgehead atoms. The van der Waals surface area contributed by atoms with Crippen LogP contribution in [0.3, 0.4) is 0 Å². The summed E-state index contributed by atoms with van der Waals surface area (Å²) in [6, 6.07) is 8.05. The number of sulfonamides is 1. The minimum absolute atomic E-state index is 0.0331. The van der Waals surface area contributed by atoms with Crippen molar-refractivity contribution in [1.82, 2.24) is 9.82 Å². The van der Waals surface area contributed by atoms with Gasteiger partial charge in [-0.25, -0.2) is 4.83 Å². The highest BCUT2D eigenvalue weighted by Crippen LogP contribution is 2.26. The minimum Gasteiger partial charge on any atom is -0.251 e. The van der Waals surface area contributed by atoms with Crippen LogP contribution in [-0.4, -0.2) is 19.6 Å². The zero-order valence-electron chi connectivity index (χ0n) is 11.9. The predicted octanol–water partition coefficient (Wildman–Crippen LogP) is 2.72. The Morgan fingerprint density at radius 3 is 2.30 bits per heavy atom. The highest BCUT2D eigenvalue weighted by atomic mass is 32.2. The van der Waals surface area contributed by atoms with E-state index >= 15 is 0 Å². The third kappa shape index (κ3) is 4.52. The summed E-state index contributed by atoms with van der Waals surface area (Å²) < 4.78 is 60.9. The van der Waals surface area contributed by atoms with Gasteiger partial charge in [0, 0.05) is 11.8 Å². The van der Waals surface area contributed by atoms with Gasteiger partial charge >= 0.3 is 6.18 Å². The highest BCUT2D eigenvalue weighted by molar-refractivity contribution is 7.89. The van der Waals surface area contributed by atoms with Gasteiger partial charge in [-0.1, -0.05) is 17.7 Å². The lowest BCUT2D eigenvalue weighted by Gasteiger charge is -2.05. The summed E-state index contributed by atoms with van der Waals surface area (Å²) in [5.41, 5.74) is 0.0998. The summed E-state index contributed by atoms with van der Waals surface area (Å²) in [5.74, 6) is 0. The molecule has 23 heavy (non-hydrogen) atoms. The van der Waals surface area contributed by atoms with Crippen molar-refractivity contribution < 1.29 is 21.6 Å². The molecule has 0 spiro atoms. The first-order valence-electron chi connectivity index (χ1n) is 6.33. The standard InChI is InChI=1S/C14H12F3N3O2S/c1-10-2-5-12(6-3-10)23(21,22)20-19-9-11-4-7-13(18-8-11)14(15,16)17/h2-9,20H,1H3/b19-9+. The largest absolute Gasteiger partial charge is 0.433 e. The van der Waals surface area contributed by atoms with E-state index in [1.54, 1.807) is 12.1 Å². The quantitative estimate of drug-likeness (QED) is 0.685. The van der Waals surface area contributed by atoms with Gasteiger partial charge in [0.15, 0.2) is 0 Å². The van der Waals surface area contributed by atoms with Crippen molar-refractivity contribution in [3.8, 4) is 0 Å². The van der Waals surface area contributed by atoms with Crippen molar-refractivity contribution in [2.45, 2.75) is 18.0 Å². The van der Waals surface area contributed by atoms with Crippen LogP contribution >= 0.6 is 0 Å². The first kappa shape index (κ1) is 16.9. The van der Waals surface area contributed by atoms with E-state index < -0.39 is 21.9 Å². The number of aromatic nitrogens is 1. The smallest absolute Gasteiger partial charge is 0.251 e. The molecule has 122 valence electrons. The lowest BCUT2D eigenvalue weighted by atomic mass is 10.2. The van der Waals surface area contributed by atoms with Gasteiger partial charge in [0.25, 0.3) is 10.0 Å². The predicted molar refractivity (Wildman–Crippen MR) is 78.3 cm³/mol. The van der Waals surface area contributed by atoms with Crippen molar-refractivity contribution in [2.24, 2.45) is 5.10 Å². The van der Waals surface area contributed by atoms with Crippen molar-refractivity contribution in [2.75, 3.05) is 0 Å². The average molecular weight is 343 g/mol. The molecule has 1 aromatic heterocycles. The van der Waals surface area contributed by atoms with E-state index in [0.717, 1.165) is 30.1 Å². The number of pyridine rings is 1. The number of hydrogen-bond donors (Lipinski definition) is 1. The monoisotopic (exact) mass is 343 g/mol. The molecule has 2 rings (SSSR count). The van der Waals surface area contributed by atoms with Gasteiger partial charge in [-0.05, 0) is 31.2 Å². The fraction of sp³-hybridized carbons (Fsp3) is 0.143. The minimum atomic E-state index is -4.53. The molecule has 1 heterocycles. The molecule has 0 atom stereocenters. The van der Waals surface area contributed by atoms with Gasteiger partial charge in [0.2, 0.25) is 0 Å². The molecule has 0 unspecified atom stereocenters. The Balaban J connectivity index is 2.07. The number of halogens is 3. The van der Waals surface area contributed by atoms with Gasteiger partial charge in [-0.3, -0.25) is 4.98 Å². The van der Waals surface area contributed by atoms with Crippen LogP contribution < -0.4 is 4.83 Å². The van der Waals surface area contributed by atoms with Crippen molar-refractivity contribution in [3.05, 3.63) is 59.4 Å². The van der Waals surface area contributed by atoms with Gasteiger partial charge in [0.1, 0.15) is 5.69 Å². The summed E-state index contributed by atoms with van der Waals surface area (Å²) >= 11 is 0. The second kappa shape index (κ2) is 6.37. The van der Waals surface area contributed by atoms with Crippen LogP contribution in [0.25, 0.3) is 0 Å². The molecule has 5 nitrogen and oxygen atoms in total. The van der Waals surface area contributed by atoms with Crippen molar-refractivity contribution >= 4 is 16.2 Å². The Morgan fingerprint density at radius 1 is 1.13 bits per heavy atom.